The molecule has 1 aliphatic carbocycles. The number of anilines is 1. The number of carbonyl (C=O) groups excluding carboxylic acids is 1. The summed E-state index contributed by atoms with van der Waals surface area (Å²) in [6.07, 6.45) is 4.82. The molecule has 1 aromatic rings. The largest absolute Gasteiger partial charge is 0.322 e. The van der Waals surface area contributed by atoms with Gasteiger partial charge in [0.25, 0.3) is 0 Å². The van der Waals surface area contributed by atoms with E-state index in [1.165, 1.54) is 6.07 Å². The smallest absolute Gasteiger partial charge is 0.239 e. The Balaban J connectivity index is 1.93. The second-order valence-corrected chi connectivity index (χ2v) is 4.38. The molecule has 1 heterocycles. The first-order valence-electron chi connectivity index (χ1n) is 5.77. The van der Waals surface area contributed by atoms with Crippen LogP contribution in [0.5, 0.6) is 0 Å². The van der Waals surface area contributed by atoms with Crippen LogP contribution in [-0.4, -0.2) is 10.9 Å². The van der Waals surface area contributed by atoms with E-state index in [2.05, 4.69) is 10.3 Å². The van der Waals surface area contributed by atoms with Crippen molar-refractivity contribution in [1.29, 1.82) is 0 Å². The van der Waals surface area contributed by atoms with Gasteiger partial charge in [-0.15, -0.1) is 0 Å². The first kappa shape index (κ1) is 12.0. The molecule has 3 nitrogen and oxygen atoms in total. The van der Waals surface area contributed by atoms with Gasteiger partial charge in [-0.05, 0) is 30.9 Å². The number of hydrogen-bond acceptors (Lipinski definition) is 2. The fourth-order valence-electron chi connectivity index (χ4n) is 2.18. The Morgan fingerprint density at radius 1 is 1.35 bits per heavy atom. The molecule has 0 aromatic carbocycles. The van der Waals surface area contributed by atoms with Gasteiger partial charge < -0.3 is 5.32 Å². The van der Waals surface area contributed by atoms with Crippen molar-refractivity contribution < 1.29 is 13.6 Å². The van der Waals surface area contributed by atoms with E-state index in [1.54, 1.807) is 0 Å². The van der Waals surface area contributed by atoms with Gasteiger partial charge >= 0.3 is 0 Å². The minimum atomic E-state index is -0.982. The molecule has 0 saturated heterocycles. The first-order chi connectivity index (χ1) is 8.15. The van der Waals surface area contributed by atoms with Gasteiger partial charge in [0, 0.05) is 6.42 Å². The van der Waals surface area contributed by atoms with Gasteiger partial charge in [-0.25, -0.2) is 0 Å². The third-order valence-electron chi connectivity index (χ3n) is 3.04. The molecule has 0 unspecified atom stereocenters. The number of amides is 1. The van der Waals surface area contributed by atoms with E-state index in [1.807, 2.05) is 0 Å². The van der Waals surface area contributed by atoms with Crippen molar-refractivity contribution in [3.63, 3.8) is 0 Å². The highest BCUT2D eigenvalue weighted by Crippen LogP contribution is 2.27. The SMILES string of the molecule is O=C(CC1CCCC1)Nc1ccc(F)nc1F. The van der Waals surface area contributed by atoms with Crippen LogP contribution in [0.15, 0.2) is 12.1 Å². The number of carbonyl (C=O) groups is 1. The molecule has 1 N–H and O–H groups in total. The van der Waals surface area contributed by atoms with E-state index < -0.39 is 11.9 Å². The highest BCUT2D eigenvalue weighted by Gasteiger charge is 2.19. The molecule has 1 fully saturated rings. The van der Waals surface area contributed by atoms with E-state index in [9.17, 15) is 13.6 Å². The molecule has 1 amide bonds. The highest BCUT2D eigenvalue weighted by molar-refractivity contribution is 5.90. The lowest BCUT2D eigenvalue weighted by Gasteiger charge is -2.09. The van der Waals surface area contributed by atoms with Gasteiger partial charge in [-0.3, -0.25) is 4.79 Å². The van der Waals surface area contributed by atoms with E-state index in [0.29, 0.717) is 12.3 Å². The van der Waals surface area contributed by atoms with Crippen molar-refractivity contribution in [2.24, 2.45) is 5.92 Å². The molecular weight excluding hydrogens is 226 g/mol. The Morgan fingerprint density at radius 2 is 2.06 bits per heavy atom. The maximum absolute atomic E-state index is 13.2. The highest BCUT2D eigenvalue weighted by atomic mass is 19.1. The molecule has 17 heavy (non-hydrogen) atoms. The van der Waals surface area contributed by atoms with Crippen molar-refractivity contribution >= 4 is 11.6 Å². The number of rotatable bonds is 3. The summed E-state index contributed by atoms with van der Waals surface area (Å²) in [6, 6.07) is 2.21. The van der Waals surface area contributed by atoms with Crippen LogP contribution in [0.4, 0.5) is 14.5 Å². The van der Waals surface area contributed by atoms with Gasteiger partial charge in [-0.2, -0.15) is 13.8 Å². The molecule has 92 valence electrons. The minimum absolute atomic E-state index is 0.0607. The van der Waals surface area contributed by atoms with Gasteiger partial charge in [0.15, 0.2) is 0 Å². The van der Waals surface area contributed by atoms with Crippen LogP contribution in [0.25, 0.3) is 0 Å². The lowest BCUT2D eigenvalue weighted by molar-refractivity contribution is -0.117. The molecule has 5 heteroatoms. The predicted molar refractivity (Wildman–Crippen MR) is 59.4 cm³/mol. The fourth-order valence-corrected chi connectivity index (χ4v) is 2.18. The Morgan fingerprint density at radius 3 is 2.71 bits per heavy atom. The van der Waals surface area contributed by atoms with Gasteiger partial charge in [0.1, 0.15) is 0 Å². The van der Waals surface area contributed by atoms with Crippen molar-refractivity contribution in [3.05, 3.63) is 24.0 Å². The molecule has 0 bridgehead atoms. The Bertz CT molecular complexity index is 417. The summed E-state index contributed by atoms with van der Waals surface area (Å²) < 4.78 is 25.7. The van der Waals surface area contributed by atoms with E-state index in [4.69, 9.17) is 0 Å². The van der Waals surface area contributed by atoms with Crippen molar-refractivity contribution in [1.82, 2.24) is 4.98 Å². The zero-order chi connectivity index (χ0) is 12.3. The summed E-state index contributed by atoms with van der Waals surface area (Å²) in [5.74, 6) is -1.71. The molecule has 1 saturated carbocycles. The van der Waals surface area contributed by atoms with Crippen molar-refractivity contribution in [2.75, 3.05) is 5.32 Å². The molecular formula is C12H14F2N2O. The van der Waals surface area contributed by atoms with E-state index in [0.717, 1.165) is 31.7 Å². The summed E-state index contributed by atoms with van der Waals surface area (Å²) in [5, 5.41) is 2.42. The van der Waals surface area contributed by atoms with Crippen molar-refractivity contribution in [3.8, 4) is 0 Å². The summed E-state index contributed by atoms with van der Waals surface area (Å²) in [6.45, 7) is 0. The van der Waals surface area contributed by atoms with Crippen LogP contribution in [0.1, 0.15) is 32.1 Å². The van der Waals surface area contributed by atoms with Gasteiger partial charge in [-0.1, -0.05) is 12.8 Å². The average molecular weight is 240 g/mol. The fraction of sp³-hybridized carbons (Fsp3) is 0.500. The van der Waals surface area contributed by atoms with Crippen LogP contribution >= 0.6 is 0 Å². The third kappa shape index (κ3) is 3.22. The van der Waals surface area contributed by atoms with Gasteiger partial charge in [0.05, 0.1) is 5.69 Å². The summed E-state index contributed by atoms with van der Waals surface area (Å²) >= 11 is 0. The third-order valence-corrected chi connectivity index (χ3v) is 3.04. The van der Waals surface area contributed by atoms with Gasteiger partial charge in [0.2, 0.25) is 17.8 Å². The molecule has 1 aliphatic rings. The summed E-state index contributed by atoms with van der Waals surface area (Å²) in [7, 11) is 0. The molecule has 0 aliphatic heterocycles. The molecule has 1 aromatic heterocycles. The number of hydrogen-bond donors (Lipinski definition) is 1. The standard InChI is InChI=1S/C12H14F2N2O/c13-10-6-5-9(12(14)16-10)15-11(17)7-8-3-1-2-4-8/h5-6,8H,1-4,7H2,(H,15,17). The van der Waals surface area contributed by atoms with Crippen LogP contribution in [-0.2, 0) is 4.79 Å². The Kier molecular flexibility index (Phi) is 3.66. The van der Waals surface area contributed by atoms with E-state index >= 15 is 0 Å². The van der Waals surface area contributed by atoms with Crippen LogP contribution in [0.3, 0.4) is 0 Å². The zero-order valence-corrected chi connectivity index (χ0v) is 9.38. The number of pyridine rings is 1. The first-order valence-corrected chi connectivity index (χ1v) is 5.77. The van der Waals surface area contributed by atoms with Crippen LogP contribution < -0.4 is 5.32 Å². The second kappa shape index (κ2) is 5.21. The normalized spacial score (nSPS) is 16.1. The van der Waals surface area contributed by atoms with Crippen LogP contribution in [0.2, 0.25) is 0 Å². The lowest BCUT2D eigenvalue weighted by Crippen LogP contribution is -2.16. The summed E-state index contributed by atoms with van der Waals surface area (Å²) in [5.41, 5.74) is -0.0607. The average Bonchev–Trinajstić information content (AvgIpc) is 2.75. The number of halogens is 2. The Hall–Kier alpha value is -1.52. The van der Waals surface area contributed by atoms with E-state index in [-0.39, 0.29) is 11.6 Å². The number of nitrogens with zero attached hydrogens (tertiary/aromatic N) is 1. The monoisotopic (exact) mass is 240 g/mol. The van der Waals surface area contributed by atoms with Crippen molar-refractivity contribution in [2.45, 2.75) is 32.1 Å². The maximum atomic E-state index is 13.2. The van der Waals surface area contributed by atoms with Crippen LogP contribution in [0, 0.1) is 17.8 Å². The minimum Gasteiger partial charge on any atom is -0.322 e. The quantitative estimate of drug-likeness (QED) is 0.825. The topological polar surface area (TPSA) is 42.0 Å². The Labute approximate surface area is 98.2 Å². The lowest BCUT2D eigenvalue weighted by atomic mass is 10.0. The summed E-state index contributed by atoms with van der Waals surface area (Å²) in [4.78, 5) is 14.6. The number of aromatic nitrogens is 1. The predicted octanol–water partition coefficient (Wildman–Crippen LogP) is 2.88. The second-order valence-electron chi connectivity index (χ2n) is 4.38. The molecule has 2 rings (SSSR count). The molecule has 0 atom stereocenters. The molecule has 0 spiro atoms. The molecule has 0 radical (unpaired) electrons. The maximum Gasteiger partial charge on any atom is 0.239 e. The zero-order valence-electron chi connectivity index (χ0n) is 9.38. The number of nitrogens with one attached hydrogen (secondary N) is 1.